The van der Waals surface area contributed by atoms with Gasteiger partial charge in [-0.25, -0.2) is 0 Å². The lowest BCUT2D eigenvalue weighted by molar-refractivity contribution is 0.311. The summed E-state index contributed by atoms with van der Waals surface area (Å²) in [5, 5.41) is 33.6. The maximum absolute atomic E-state index is 10.4. The summed E-state index contributed by atoms with van der Waals surface area (Å²) < 4.78 is 1.73. The number of phenols is 1. The number of hydrogen-bond donors (Lipinski definition) is 3. The van der Waals surface area contributed by atoms with Crippen LogP contribution in [0.5, 0.6) is 5.75 Å². The second-order valence-corrected chi connectivity index (χ2v) is 7.73. The van der Waals surface area contributed by atoms with Crippen molar-refractivity contribution in [3.63, 3.8) is 0 Å². The predicted molar refractivity (Wildman–Crippen MR) is 105 cm³/mol. The maximum atomic E-state index is 10.4. The summed E-state index contributed by atoms with van der Waals surface area (Å²) in [5.41, 5.74) is 2.07. The van der Waals surface area contributed by atoms with Crippen molar-refractivity contribution < 1.29 is 5.11 Å². The van der Waals surface area contributed by atoms with Crippen molar-refractivity contribution in [1.82, 2.24) is 30.3 Å². The number of phenolic OH excluding ortho intramolecular Hbond substituents is 1. The highest BCUT2D eigenvalue weighted by atomic mass is 16.3. The summed E-state index contributed by atoms with van der Waals surface area (Å²) in [5.74, 6) is 1.61. The summed E-state index contributed by atoms with van der Waals surface area (Å²) in [6.45, 7) is 0.932. The van der Waals surface area contributed by atoms with E-state index in [1.807, 2.05) is 24.3 Å². The first-order valence-electron chi connectivity index (χ1n) is 9.76. The molecule has 0 amide bonds. The molecule has 8 heteroatoms. The van der Waals surface area contributed by atoms with E-state index in [0.717, 1.165) is 18.1 Å². The van der Waals surface area contributed by atoms with E-state index in [0.29, 0.717) is 29.3 Å². The largest absolute Gasteiger partial charge is 0.507 e. The second-order valence-electron chi connectivity index (χ2n) is 7.73. The third-order valence-corrected chi connectivity index (χ3v) is 5.78. The summed E-state index contributed by atoms with van der Waals surface area (Å²) in [7, 11) is 0. The lowest BCUT2D eigenvalue weighted by Crippen LogP contribution is -2.40. The molecule has 5 rings (SSSR count). The minimum absolute atomic E-state index is 0.145. The van der Waals surface area contributed by atoms with Crippen LogP contribution in [0.1, 0.15) is 25.7 Å². The highest BCUT2D eigenvalue weighted by Gasteiger charge is 2.33. The van der Waals surface area contributed by atoms with Gasteiger partial charge in [0.25, 0.3) is 0 Å². The quantitative estimate of drug-likeness (QED) is 0.627. The molecule has 8 nitrogen and oxygen atoms in total. The average Bonchev–Trinajstić information content (AvgIpc) is 3.37. The highest BCUT2D eigenvalue weighted by molar-refractivity contribution is 5.68. The molecule has 0 spiro atoms. The van der Waals surface area contributed by atoms with Crippen molar-refractivity contribution in [2.24, 2.45) is 5.92 Å². The molecule has 2 bridgehead atoms. The molecule has 3 N–H and O–H groups in total. The number of nitrogens with zero attached hydrogens (tertiary/aromatic N) is 5. The number of aromatic nitrogens is 5. The van der Waals surface area contributed by atoms with Crippen LogP contribution in [0.25, 0.3) is 16.9 Å². The number of benzene rings is 1. The van der Waals surface area contributed by atoms with Crippen molar-refractivity contribution in [3.05, 3.63) is 43.0 Å². The van der Waals surface area contributed by atoms with Crippen LogP contribution in [-0.4, -0.2) is 48.7 Å². The first-order chi connectivity index (χ1) is 13.7. The molecule has 2 aromatic heterocycles. The Kier molecular flexibility index (Phi) is 4.40. The fraction of sp³-hybridized carbons (Fsp3) is 0.400. The van der Waals surface area contributed by atoms with Crippen LogP contribution >= 0.6 is 0 Å². The Bertz CT molecular complexity index is 930. The summed E-state index contributed by atoms with van der Waals surface area (Å²) in [6, 6.07) is 10.6. The van der Waals surface area contributed by atoms with E-state index in [1.165, 1.54) is 25.7 Å². The summed E-state index contributed by atoms with van der Waals surface area (Å²) >= 11 is 0. The lowest BCUT2D eigenvalue weighted by atomic mass is 9.92. The van der Waals surface area contributed by atoms with Crippen molar-refractivity contribution >= 4 is 5.82 Å². The first kappa shape index (κ1) is 17.1. The smallest absolute Gasteiger partial charge is 0.148 e. The highest BCUT2D eigenvalue weighted by Crippen LogP contribution is 2.32. The number of rotatable bonds is 5. The first-order valence-corrected chi connectivity index (χ1v) is 9.76. The van der Waals surface area contributed by atoms with Gasteiger partial charge in [0.1, 0.15) is 24.2 Å². The minimum Gasteiger partial charge on any atom is -0.507 e. The van der Waals surface area contributed by atoms with Gasteiger partial charge in [0.05, 0.1) is 11.4 Å². The zero-order valence-corrected chi connectivity index (χ0v) is 15.5. The Balaban J connectivity index is 1.25. The molecule has 2 atom stereocenters. The maximum Gasteiger partial charge on any atom is 0.148 e. The summed E-state index contributed by atoms with van der Waals surface area (Å²) in [4.78, 5) is 0. The van der Waals surface area contributed by atoms with Gasteiger partial charge in [-0.2, -0.15) is 0 Å². The standard InChI is InChI=1S/C20H23N7O/c28-19-9-16(27-11-22-23-12-27)3-4-17(19)18-5-6-20(26-25-18)21-10-13-7-14-1-2-15(8-13)24-14/h3-6,9,11-15,24,28H,1-2,7-8,10H2,(H,21,26). The van der Waals surface area contributed by atoms with E-state index < -0.39 is 0 Å². The molecule has 4 heterocycles. The van der Waals surface area contributed by atoms with Gasteiger partial charge in [0.2, 0.25) is 0 Å². The average molecular weight is 377 g/mol. The van der Waals surface area contributed by atoms with E-state index >= 15 is 0 Å². The van der Waals surface area contributed by atoms with E-state index in [4.69, 9.17) is 0 Å². The molecule has 0 saturated carbocycles. The molecule has 2 fully saturated rings. The molecule has 0 radical (unpaired) electrons. The molecule has 1 aromatic carbocycles. The van der Waals surface area contributed by atoms with Gasteiger partial charge in [-0.3, -0.25) is 4.57 Å². The van der Waals surface area contributed by atoms with Crippen LogP contribution in [0.2, 0.25) is 0 Å². The van der Waals surface area contributed by atoms with Gasteiger partial charge in [-0.15, -0.1) is 20.4 Å². The molecule has 2 saturated heterocycles. The molecular formula is C20H23N7O. The molecule has 0 aliphatic carbocycles. The predicted octanol–water partition coefficient (Wildman–Crippen LogP) is 2.37. The zero-order chi connectivity index (χ0) is 18.9. The van der Waals surface area contributed by atoms with Crippen LogP contribution in [0, 0.1) is 5.92 Å². The molecule has 2 aliphatic heterocycles. The van der Waals surface area contributed by atoms with Crippen molar-refractivity contribution in [1.29, 1.82) is 0 Å². The van der Waals surface area contributed by atoms with Crippen molar-refractivity contribution in [3.8, 4) is 22.7 Å². The minimum atomic E-state index is 0.145. The summed E-state index contributed by atoms with van der Waals surface area (Å²) in [6.07, 6.45) is 8.28. The fourth-order valence-electron chi connectivity index (χ4n) is 4.39. The second kappa shape index (κ2) is 7.20. The SMILES string of the molecule is Oc1cc(-n2cnnc2)ccc1-c1ccc(NCC2CC3CCC(C2)N3)nn1. The van der Waals surface area contributed by atoms with Gasteiger partial charge in [0.15, 0.2) is 0 Å². The van der Waals surface area contributed by atoms with Gasteiger partial charge >= 0.3 is 0 Å². The topological polar surface area (TPSA) is 101 Å². The van der Waals surface area contributed by atoms with Gasteiger partial charge < -0.3 is 15.7 Å². The number of aromatic hydroxyl groups is 1. The fourth-order valence-corrected chi connectivity index (χ4v) is 4.39. The van der Waals surface area contributed by atoms with E-state index in [9.17, 15) is 5.11 Å². The molecule has 2 aliphatic rings. The number of hydrogen-bond acceptors (Lipinski definition) is 7. The Morgan fingerprint density at radius 3 is 2.50 bits per heavy atom. The Morgan fingerprint density at radius 1 is 1.04 bits per heavy atom. The Hall–Kier alpha value is -3.00. The molecule has 2 unspecified atom stereocenters. The normalized spacial score (nSPS) is 23.6. The van der Waals surface area contributed by atoms with Crippen molar-refractivity contribution in [2.75, 3.05) is 11.9 Å². The molecule has 3 aromatic rings. The van der Waals surface area contributed by atoms with E-state index in [1.54, 1.807) is 23.3 Å². The van der Waals surface area contributed by atoms with Gasteiger partial charge in [-0.05, 0) is 55.9 Å². The van der Waals surface area contributed by atoms with E-state index in [-0.39, 0.29) is 5.75 Å². The third-order valence-electron chi connectivity index (χ3n) is 5.78. The number of anilines is 1. The monoisotopic (exact) mass is 377 g/mol. The van der Waals surface area contributed by atoms with Crippen LogP contribution < -0.4 is 10.6 Å². The van der Waals surface area contributed by atoms with Crippen LogP contribution in [0.4, 0.5) is 5.82 Å². The van der Waals surface area contributed by atoms with Crippen molar-refractivity contribution in [2.45, 2.75) is 37.8 Å². The van der Waals surface area contributed by atoms with Crippen LogP contribution in [-0.2, 0) is 0 Å². The Morgan fingerprint density at radius 2 is 1.82 bits per heavy atom. The molecular weight excluding hydrogens is 354 g/mol. The lowest BCUT2D eigenvalue weighted by Gasteiger charge is -2.29. The number of fused-ring (bicyclic) bond motifs is 2. The number of piperidine rings is 1. The van der Waals surface area contributed by atoms with E-state index in [2.05, 4.69) is 31.0 Å². The van der Waals surface area contributed by atoms with Crippen LogP contribution in [0.3, 0.4) is 0 Å². The molecule has 144 valence electrons. The third kappa shape index (κ3) is 3.43. The Labute approximate surface area is 163 Å². The van der Waals surface area contributed by atoms with Crippen LogP contribution in [0.15, 0.2) is 43.0 Å². The number of nitrogens with one attached hydrogen (secondary N) is 2. The molecule has 28 heavy (non-hydrogen) atoms. The van der Waals surface area contributed by atoms with Gasteiger partial charge in [-0.1, -0.05) is 0 Å². The zero-order valence-electron chi connectivity index (χ0n) is 15.5. The van der Waals surface area contributed by atoms with Gasteiger partial charge in [0, 0.05) is 30.3 Å².